The van der Waals surface area contributed by atoms with Gasteiger partial charge in [-0.25, -0.2) is 9.78 Å². The second kappa shape index (κ2) is 11.1. The fourth-order valence-electron chi connectivity index (χ4n) is 4.53. The molecule has 1 aromatic heterocycles. The highest BCUT2D eigenvalue weighted by molar-refractivity contribution is 6.05. The lowest BCUT2D eigenvalue weighted by molar-refractivity contribution is -0.136. The van der Waals surface area contributed by atoms with Crippen LogP contribution in [0.4, 0.5) is 0 Å². The molecule has 4 aromatic rings. The van der Waals surface area contributed by atoms with Crippen LogP contribution in [0.25, 0.3) is 16.8 Å². The number of benzene rings is 3. The number of carbonyl (C=O) groups is 3. The second-order valence-corrected chi connectivity index (χ2v) is 9.17. The Morgan fingerprint density at radius 2 is 1.66 bits per heavy atom. The average Bonchev–Trinajstić information content (AvgIpc) is 3.30. The third-order valence-corrected chi connectivity index (χ3v) is 6.46. The lowest BCUT2D eigenvalue weighted by atomic mass is 9.97. The van der Waals surface area contributed by atoms with Gasteiger partial charge in [0.05, 0.1) is 25.2 Å². The Morgan fingerprint density at radius 1 is 0.974 bits per heavy atom. The van der Waals surface area contributed by atoms with Crippen LogP contribution in [0.2, 0.25) is 0 Å². The van der Waals surface area contributed by atoms with E-state index in [-0.39, 0.29) is 17.6 Å². The highest BCUT2D eigenvalue weighted by Crippen LogP contribution is 2.25. The predicted octanol–water partition coefficient (Wildman–Crippen LogP) is 4.92. The van der Waals surface area contributed by atoms with E-state index in [0.29, 0.717) is 27.9 Å². The van der Waals surface area contributed by atoms with Crippen molar-refractivity contribution >= 4 is 34.6 Å². The Bertz CT molecular complexity index is 1540. The number of ether oxygens (including phenoxy) is 1. The third kappa shape index (κ3) is 5.49. The maximum Gasteiger partial charge on any atom is 0.354 e. The van der Waals surface area contributed by atoms with Gasteiger partial charge in [0, 0.05) is 16.8 Å². The molecule has 8 heteroatoms. The summed E-state index contributed by atoms with van der Waals surface area (Å²) in [6, 6.07) is 17.2. The van der Waals surface area contributed by atoms with Gasteiger partial charge in [0.1, 0.15) is 5.70 Å². The first kappa shape index (κ1) is 26.3. The molecule has 1 heterocycles. The van der Waals surface area contributed by atoms with Crippen molar-refractivity contribution in [1.82, 2.24) is 20.6 Å². The quantitative estimate of drug-likeness (QED) is 0.241. The van der Waals surface area contributed by atoms with Crippen molar-refractivity contribution in [3.05, 3.63) is 106 Å². The molecule has 0 unspecified atom stereocenters. The number of nitrogens with zero attached hydrogens (tertiary/aromatic N) is 1. The van der Waals surface area contributed by atoms with Crippen LogP contribution in [0, 0.1) is 20.8 Å². The molecule has 4 rings (SSSR count). The first-order valence-electron chi connectivity index (χ1n) is 12.2. The number of aromatic amines is 1. The van der Waals surface area contributed by atoms with Crippen molar-refractivity contribution in [1.29, 1.82) is 0 Å². The minimum atomic E-state index is -0.700. The maximum atomic E-state index is 13.2. The molecule has 0 radical (unpaired) electrons. The summed E-state index contributed by atoms with van der Waals surface area (Å²) in [6.45, 7) is 7.26. The molecule has 0 spiro atoms. The van der Waals surface area contributed by atoms with Gasteiger partial charge in [0.2, 0.25) is 0 Å². The van der Waals surface area contributed by atoms with Gasteiger partial charge in [-0.3, -0.25) is 9.59 Å². The summed E-state index contributed by atoms with van der Waals surface area (Å²) >= 11 is 0. The molecule has 38 heavy (non-hydrogen) atoms. The zero-order valence-electron chi connectivity index (χ0n) is 22.0. The molecule has 0 aliphatic rings. The van der Waals surface area contributed by atoms with E-state index in [9.17, 15) is 14.4 Å². The summed E-state index contributed by atoms with van der Waals surface area (Å²) < 4.78 is 4.84. The molecule has 194 valence electrons. The molecule has 0 bridgehead atoms. The summed E-state index contributed by atoms with van der Waals surface area (Å²) in [6.07, 6.45) is 2.95. The van der Waals surface area contributed by atoms with Gasteiger partial charge >= 0.3 is 5.97 Å². The van der Waals surface area contributed by atoms with Crippen LogP contribution in [0.1, 0.15) is 61.8 Å². The molecule has 8 nitrogen and oxygen atoms in total. The van der Waals surface area contributed by atoms with Gasteiger partial charge in [-0.1, -0.05) is 42.5 Å². The largest absolute Gasteiger partial charge is 0.464 e. The summed E-state index contributed by atoms with van der Waals surface area (Å²) in [5.41, 5.74) is 4.24. The van der Waals surface area contributed by atoms with Crippen LogP contribution < -0.4 is 10.6 Å². The lowest BCUT2D eigenvalue weighted by Gasteiger charge is -2.18. The van der Waals surface area contributed by atoms with Gasteiger partial charge in [0.25, 0.3) is 11.8 Å². The molecule has 2 amide bonds. The van der Waals surface area contributed by atoms with Gasteiger partial charge in [0.15, 0.2) is 0 Å². The van der Waals surface area contributed by atoms with Gasteiger partial charge in [-0.05, 0) is 73.4 Å². The van der Waals surface area contributed by atoms with E-state index in [0.717, 1.165) is 22.0 Å². The zero-order valence-corrected chi connectivity index (χ0v) is 22.0. The molecule has 3 aromatic carbocycles. The number of aryl methyl sites for hydroxylation is 3. The topological polar surface area (TPSA) is 113 Å². The van der Waals surface area contributed by atoms with E-state index in [1.807, 2.05) is 49.4 Å². The number of esters is 1. The number of rotatable bonds is 7. The van der Waals surface area contributed by atoms with E-state index < -0.39 is 11.9 Å². The molecule has 0 saturated carbocycles. The fraction of sp³-hybridized carbons (Fsp3) is 0.200. The van der Waals surface area contributed by atoms with Crippen molar-refractivity contribution in [3.63, 3.8) is 0 Å². The number of aromatic nitrogens is 2. The highest BCUT2D eigenvalue weighted by Gasteiger charge is 2.21. The third-order valence-electron chi connectivity index (χ3n) is 6.46. The zero-order chi connectivity index (χ0) is 27.4. The van der Waals surface area contributed by atoms with Crippen molar-refractivity contribution in [2.24, 2.45) is 0 Å². The monoisotopic (exact) mass is 510 g/mol. The highest BCUT2D eigenvalue weighted by atomic mass is 16.5. The number of methoxy groups -OCH3 is 1. The van der Waals surface area contributed by atoms with Crippen molar-refractivity contribution in [2.45, 2.75) is 33.7 Å². The minimum Gasteiger partial charge on any atom is -0.464 e. The van der Waals surface area contributed by atoms with Crippen molar-refractivity contribution in [3.8, 4) is 0 Å². The molecular formula is C30H30N4O4. The van der Waals surface area contributed by atoms with E-state index in [1.54, 1.807) is 32.9 Å². The Kier molecular flexibility index (Phi) is 7.71. The van der Waals surface area contributed by atoms with E-state index in [1.165, 1.54) is 19.5 Å². The summed E-state index contributed by atoms with van der Waals surface area (Å²) in [4.78, 5) is 45.8. The van der Waals surface area contributed by atoms with Crippen LogP contribution in [0.3, 0.4) is 0 Å². The van der Waals surface area contributed by atoms with Gasteiger partial charge in [-0.2, -0.15) is 0 Å². The van der Waals surface area contributed by atoms with Crippen LogP contribution in [0.15, 0.2) is 66.6 Å². The Morgan fingerprint density at radius 3 is 2.32 bits per heavy atom. The number of amides is 2. The maximum absolute atomic E-state index is 13.2. The number of nitrogens with one attached hydrogen (secondary N) is 3. The smallest absolute Gasteiger partial charge is 0.354 e. The fourth-order valence-corrected chi connectivity index (χ4v) is 4.53. The number of H-pyrrole nitrogens is 1. The van der Waals surface area contributed by atoms with E-state index >= 15 is 0 Å². The normalized spacial score (nSPS) is 12.2. The van der Waals surface area contributed by atoms with Crippen LogP contribution in [0.5, 0.6) is 0 Å². The van der Waals surface area contributed by atoms with Crippen molar-refractivity contribution < 1.29 is 19.1 Å². The van der Waals surface area contributed by atoms with Gasteiger partial charge < -0.3 is 20.4 Å². The standard InChI is InChI=1S/C30H30N4O4/c1-17-13-22(28(35)33-19(3)23-12-8-10-21-9-6-7-11-24(21)23)14-18(2)27(17)29(36)34-26(30(37)38-5)15-25-20(4)31-16-32-25/h6-16,19H,1-5H3,(H,31,32)(H,33,35)(H,34,36)/t19-/m1/s1. The molecule has 3 N–H and O–H groups in total. The second-order valence-electron chi connectivity index (χ2n) is 9.17. The summed E-state index contributed by atoms with van der Waals surface area (Å²) in [7, 11) is 1.24. The summed E-state index contributed by atoms with van der Waals surface area (Å²) in [5.74, 6) is -1.43. The van der Waals surface area contributed by atoms with E-state index in [4.69, 9.17) is 4.74 Å². The molecule has 0 saturated heterocycles. The number of fused-ring (bicyclic) bond motifs is 1. The Hall–Kier alpha value is -4.72. The van der Waals surface area contributed by atoms with E-state index in [2.05, 4.69) is 20.6 Å². The van der Waals surface area contributed by atoms with Gasteiger partial charge in [-0.15, -0.1) is 0 Å². The first-order chi connectivity index (χ1) is 18.2. The molecule has 0 fully saturated rings. The molecule has 0 aliphatic heterocycles. The first-order valence-corrected chi connectivity index (χ1v) is 12.2. The Balaban J connectivity index is 1.56. The lowest BCUT2D eigenvalue weighted by Crippen LogP contribution is -2.30. The van der Waals surface area contributed by atoms with Crippen LogP contribution in [-0.2, 0) is 9.53 Å². The molecule has 0 aliphatic carbocycles. The number of imidazole rings is 1. The molecular weight excluding hydrogens is 480 g/mol. The SMILES string of the molecule is COC(=O)C(=Cc1nc[nH]c1C)NC(=O)c1c(C)cc(C(=O)N[C@H](C)c2cccc3ccccc23)cc1C. The minimum absolute atomic E-state index is 0.0442. The van der Waals surface area contributed by atoms with Crippen LogP contribution >= 0.6 is 0 Å². The Labute approximate surface area is 221 Å². The summed E-state index contributed by atoms with van der Waals surface area (Å²) in [5, 5.41) is 7.91. The van der Waals surface area contributed by atoms with Crippen LogP contribution in [-0.4, -0.2) is 34.9 Å². The number of carbonyl (C=O) groups excluding carboxylic acids is 3. The molecule has 1 atom stereocenters. The predicted molar refractivity (Wildman–Crippen MR) is 147 cm³/mol. The number of hydrogen-bond donors (Lipinski definition) is 3. The van der Waals surface area contributed by atoms with Crippen molar-refractivity contribution in [2.75, 3.05) is 7.11 Å². The number of hydrogen-bond acceptors (Lipinski definition) is 5. The average molecular weight is 511 g/mol.